The van der Waals surface area contributed by atoms with E-state index < -0.39 is 11.3 Å². The third-order valence-electron chi connectivity index (χ3n) is 5.20. The molecule has 1 aromatic heterocycles. The van der Waals surface area contributed by atoms with Gasteiger partial charge < -0.3 is 5.32 Å². The second-order valence-electron chi connectivity index (χ2n) is 7.32. The minimum absolute atomic E-state index is 0.258. The van der Waals surface area contributed by atoms with Gasteiger partial charge in [0.05, 0.1) is 17.1 Å². The number of hydrogen-bond acceptors (Lipinski definition) is 3. The van der Waals surface area contributed by atoms with Crippen molar-refractivity contribution in [2.24, 2.45) is 7.05 Å². The number of nitrogens with one attached hydrogen (secondary N) is 1. The van der Waals surface area contributed by atoms with Crippen LogP contribution in [0.25, 0.3) is 0 Å². The number of aromatic nitrogens is 2. The fourth-order valence-electron chi connectivity index (χ4n) is 3.31. The van der Waals surface area contributed by atoms with E-state index in [2.05, 4.69) is 10.4 Å². The van der Waals surface area contributed by atoms with Gasteiger partial charge in [-0.15, -0.1) is 0 Å². The topological polar surface area (TPSA) is 87.5 Å². The van der Waals surface area contributed by atoms with Crippen LogP contribution in [0.2, 0.25) is 0 Å². The van der Waals surface area contributed by atoms with Gasteiger partial charge in [-0.1, -0.05) is 23.8 Å². The number of carbonyl (C=O) groups is 1. The summed E-state index contributed by atoms with van der Waals surface area (Å²) in [6.07, 6.45) is 0. The summed E-state index contributed by atoms with van der Waals surface area (Å²) in [5.74, 6) is -0.258. The van der Waals surface area contributed by atoms with E-state index in [1.807, 2.05) is 46.9 Å². The van der Waals surface area contributed by atoms with Crippen molar-refractivity contribution in [1.82, 2.24) is 15.1 Å². The summed E-state index contributed by atoms with van der Waals surface area (Å²) >= 11 is -2.29. The summed E-state index contributed by atoms with van der Waals surface area (Å²) in [6, 6.07) is 12.4. The van der Waals surface area contributed by atoms with Crippen molar-refractivity contribution < 1.29 is 13.6 Å². The van der Waals surface area contributed by atoms with E-state index in [-0.39, 0.29) is 5.91 Å². The number of aryl methyl sites for hydroxylation is 4. The fourth-order valence-corrected chi connectivity index (χ4v) is 3.97. The maximum absolute atomic E-state index is 12.8. The van der Waals surface area contributed by atoms with E-state index in [4.69, 9.17) is 0 Å². The van der Waals surface area contributed by atoms with E-state index in [9.17, 15) is 13.6 Å². The zero-order valence-corrected chi connectivity index (χ0v) is 18.6. The third-order valence-corrected chi connectivity index (χ3v) is 5.92. The van der Waals surface area contributed by atoms with E-state index in [0.717, 1.165) is 28.1 Å². The van der Waals surface area contributed by atoms with E-state index in [0.29, 0.717) is 23.5 Å². The van der Waals surface area contributed by atoms with Crippen LogP contribution in [-0.4, -0.2) is 24.4 Å². The predicted molar refractivity (Wildman–Crippen MR) is 119 cm³/mol. The van der Waals surface area contributed by atoms with Gasteiger partial charge in [0.25, 0.3) is 17.2 Å². The molecule has 8 heteroatoms. The first-order valence-electron chi connectivity index (χ1n) is 9.54. The molecule has 7 nitrogen and oxygen atoms in total. The van der Waals surface area contributed by atoms with Gasteiger partial charge >= 0.3 is 0 Å². The van der Waals surface area contributed by atoms with Crippen molar-refractivity contribution >= 4 is 28.5 Å². The smallest absolute Gasteiger partial charge is 0.266 e. The number of nitrogens with zero attached hydrogens (tertiary/aromatic N) is 3. The van der Waals surface area contributed by atoms with Gasteiger partial charge in [0.1, 0.15) is 0 Å². The maximum atomic E-state index is 12.8. The van der Waals surface area contributed by atoms with E-state index >= 15 is 0 Å². The molecule has 3 aromatic rings. The lowest BCUT2D eigenvalue weighted by molar-refractivity contribution is 0.0951. The van der Waals surface area contributed by atoms with Crippen molar-refractivity contribution in [2.45, 2.75) is 34.2 Å². The van der Waals surface area contributed by atoms with Crippen LogP contribution in [-0.2, 0) is 24.9 Å². The van der Waals surface area contributed by atoms with Crippen LogP contribution in [0, 0.1) is 27.7 Å². The average Bonchev–Trinajstić information content (AvgIpc) is 2.94. The Hall–Kier alpha value is -2.97. The predicted octanol–water partition coefficient (Wildman–Crippen LogP) is 3.86. The lowest BCUT2D eigenvalue weighted by Crippen LogP contribution is -2.25. The van der Waals surface area contributed by atoms with E-state index in [1.165, 1.54) is 4.31 Å². The Kier molecular flexibility index (Phi) is 6.38. The molecular formula is C22H26N4O3S. The van der Waals surface area contributed by atoms with Crippen LogP contribution < -0.4 is 9.62 Å². The second kappa shape index (κ2) is 8.81. The van der Waals surface area contributed by atoms with Crippen LogP contribution in [0.5, 0.6) is 0 Å². The molecule has 1 unspecified atom stereocenters. The van der Waals surface area contributed by atoms with Crippen LogP contribution in [0.4, 0.5) is 11.4 Å². The van der Waals surface area contributed by atoms with Crippen LogP contribution >= 0.6 is 0 Å². The van der Waals surface area contributed by atoms with Crippen LogP contribution in [0.15, 0.2) is 42.5 Å². The van der Waals surface area contributed by atoms with Gasteiger partial charge in [-0.05, 0) is 57.5 Å². The molecule has 1 heterocycles. The van der Waals surface area contributed by atoms with Crippen molar-refractivity contribution in [3.8, 4) is 0 Å². The Morgan fingerprint density at radius 1 is 1.13 bits per heavy atom. The number of anilines is 2. The summed E-state index contributed by atoms with van der Waals surface area (Å²) in [5, 5.41) is 7.29. The highest BCUT2D eigenvalue weighted by atomic mass is 32.2. The molecular weight excluding hydrogens is 400 g/mol. The molecule has 0 aliphatic carbocycles. The molecule has 0 aliphatic heterocycles. The fraction of sp³-hybridized carbons (Fsp3) is 0.273. The highest BCUT2D eigenvalue weighted by Gasteiger charge is 2.19. The summed E-state index contributed by atoms with van der Waals surface area (Å²) in [7, 11) is 1.87. The van der Waals surface area contributed by atoms with Gasteiger partial charge in [0.15, 0.2) is 0 Å². The Labute approximate surface area is 179 Å². The molecule has 2 N–H and O–H groups in total. The van der Waals surface area contributed by atoms with Gasteiger partial charge in [-0.25, -0.2) is 8.51 Å². The maximum Gasteiger partial charge on any atom is 0.266 e. The summed E-state index contributed by atoms with van der Waals surface area (Å²) in [4.78, 5) is 12.8. The molecule has 0 saturated heterocycles. The lowest BCUT2D eigenvalue weighted by atomic mass is 10.1. The van der Waals surface area contributed by atoms with Gasteiger partial charge in [0.2, 0.25) is 0 Å². The minimum Gasteiger partial charge on any atom is -0.348 e. The first-order chi connectivity index (χ1) is 14.2. The van der Waals surface area contributed by atoms with Crippen molar-refractivity contribution in [3.05, 3.63) is 76.1 Å². The monoisotopic (exact) mass is 426 g/mol. The highest BCUT2D eigenvalue weighted by molar-refractivity contribution is 7.81. The summed E-state index contributed by atoms with van der Waals surface area (Å²) in [6.45, 7) is 8.02. The largest absolute Gasteiger partial charge is 0.348 e. The molecule has 0 spiro atoms. The Morgan fingerprint density at radius 3 is 2.37 bits per heavy atom. The standard InChI is InChI=1S/C22H26N4O3S/c1-14-6-10-19(11-7-14)26(30(28)29)21-12-18(9-8-15(21)2)22(27)23-13-20-16(3)24-25(5)17(20)4/h6-12H,13H2,1-5H3,(H,23,27)(H,28,29). The minimum atomic E-state index is -2.29. The normalized spacial score (nSPS) is 11.9. The third kappa shape index (κ3) is 4.44. The quantitative estimate of drug-likeness (QED) is 0.586. The average molecular weight is 427 g/mol. The van der Waals surface area contributed by atoms with Gasteiger partial charge in [0, 0.05) is 30.4 Å². The molecule has 1 atom stereocenters. The highest BCUT2D eigenvalue weighted by Crippen LogP contribution is 2.31. The molecule has 0 aliphatic rings. The Morgan fingerprint density at radius 2 is 1.80 bits per heavy atom. The lowest BCUT2D eigenvalue weighted by Gasteiger charge is -2.23. The molecule has 0 fully saturated rings. The van der Waals surface area contributed by atoms with Crippen molar-refractivity contribution in [3.63, 3.8) is 0 Å². The first kappa shape index (κ1) is 21.7. The van der Waals surface area contributed by atoms with Crippen LogP contribution in [0.3, 0.4) is 0 Å². The molecule has 30 heavy (non-hydrogen) atoms. The van der Waals surface area contributed by atoms with Crippen molar-refractivity contribution in [2.75, 3.05) is 4.31 Å². The van der Waals surface area contributed by atoms with Gasteiger partial charge in [-0.3, -0.25) is 14.0 Å². The summed E-state index contributed by atoms with van der Waals surface area (Å²) in [5.41, 5.74) is 6.18. The number of amides is 1. The van der Waals surface area contributed by atoms with Crippen LogP contribution in [0.1, 0.15) is 38.4 Å². The molecule has 0 bridgehead atoms. The zero-order chi connectivity index (χ0) is 22.0. The SMILES string of the molecule is Cc1ccc(N(c2cc(C(=O)NCc3c(C)nn(C)c3C)ccc2C)S(=O)O)cc1. The molecule has 1 amide bonds. The Balaban J connectivity index is 1.88. The molecule has 2 aromatic carbocycles. The Bertz CT molecular complexity index is 1110. The zero-order valence-electron chi connectivity index (χ0n) is 17.8. The molecule has 3 rings (SSSR count). The first-order valence-corrected chi connectivity index (χ1v) is 10.6. The van der Waals surface area contributed by atoms with Crippen molar-refractivity contribution in [1.29, 1.82) is 0 Å². The summed E-state index contributed by atoms with van der Waals surface area (Å²) < 4.78 is 25.2. The van der Waals surface area contributed by atoms with Gasteiger partial charge in [-0.2, -0.15) is 5.10 Å². The van der Waals surface area contributed by atoms with E-state index in [1.54, 1.807) is 35.0 Å². The number of carbonyl (C=O) groups excluding carboxylic acids is 1. The molecule has 0 saturated carbocycles. The number of benzene rings is 2. The molecule has 158 valence electrons. The molecule has 0 radical (unpaired) electrons. The second-order valence-corrected chi connectivity index (χ2v) is 8.14. The number of rotatable bonds is 6. The number of hydrogen-bond donors (Lipinski definition) is 2.